The summed E-state index contributed by atoms with van der Waals surface area (Å²) in [6, 6.07) is 0. The molecule has 0 radical (unpaired) electrons. The minimum atomic E-state index is -0.417. The van der Waals surface area contributed by atoms with Crippen LogP contribution in [0.25, 0.3) is 11.0 Å². The van der Waals surface area contributed by atoms with Crippen molar-refractivity contribution in [2.24, 2.45) is 14.1 Å². The summed E-state index contributed by atoms with van der Waals surface area (Å²) in [5.41, 5.74) is -0.524. The van der Waals surface area contributed by atoms with Gasteiger partial charge in [0.1, 0.15) is 5.65 Å². The zero-order valence-electron chi connectivity index (χ0n) is 8.49. The van der Waals surface area contributed by atoms with E-state index in [9.17, 15) is 9.59 Å². The number of fused-ring (bicyclic) bond motifs is 1. The second kappa shape index (κ2) is 3.71. The Labute approximate surface area is 103 Å². The molecule has 0 aromatic carbocycles. The molecule has 7 heteroatoms. The van der Waals surface area contributed by atoms with Crippen molar-refractivity contribution in [1.29, 1.82) is 0 Å². The maximum absolute atomic E-state index is 11.9. The van der Waals surface area contributed by atoms with Crippen molar-refractivity contribution in [2.45, 2.75) is 0 Å². The number of aromatic nitrogens is 3. The molecule has 2 heterocycles. The lowest BCUT2D eigenvalue weighted by Gasteiger charge is -2.07. The Morgan fingerprint density at radius 1 is 1.31 bits per heavy atom. The number of rotatable bonds is 0. The molecule has 0 bridgehead atoms. The zero-order chi connectivity index (χ0) is 12.0. The number of halogens is 2. The third-order valence-electron chi connectivity index (χ3n) is 2.36. The van der Waals surface area contributed by atoms with Crippen LogP contribution in [0.2, 0.25) is 5.02 Å². The van der Waals surface area contributed by atoms with Gasteiger partial charge in [-0.3, -0.25) is 13.9 Å². The summed E-state index contributed by atoms with van der Waals surface area (Å²) >= 11 is 9.08. The number of hydrogen-bond acceptors (Lipinski definition) is 3. The number of hydrogen-bond donors (Lipinski definition) is 0. The van der Waals surface area contributed by atoms with E-state index in [2.05, 4.69) is 20.9 Å². The van der Waals surface area contributed by atoms with E-state index in [1.54, 1.807) is 7.05 Å². The van der Waals surface area contributed by atoms with Crippen LogP contribution in [0.1, 0.15) is 0 Å². The van der Waals surface area contributed by atoms with Gasteiger partial charge in [-0.25, -0.2) is 9.78 Å². The minimum Gasteiger partial charge on any atom is -0.280 e. The zero-order valence-corrected chi connectivity index (χ0v) is 10.8. The smallest absolute Gasteiger partial charge is 0.280 e. The highest BCUT2D eigenvalue weighted by Gasteiger charge is 2.14. The van der Waals surface area contributed by atoms with Crippen molar-refractivity contribution in [3.8, 4) is 0 Å². The Kier molecular flexibility index (Phi) is 2.63. The van der Waals surface area contributed by atoms with Gasteiger partial charge in [0.15, 0.2) is 0 Å². The van der Waals surface area contributed by atoms with Crippen molar-refractivity contribution in [3.63, 3.8) is 0 Å². The molecule has 16 heavy (non-hydrogen) atoms. The first-order valence-electron chi connectivity index (χ1n) is 4.35. The normalized spacial score (nSPS) is 11.0. The van der Waals surface area contributed by atoms with Gasteiger partial charge < -0.3 is 0 Å². The lowest BCUT2D eigenvalue weighted by atomic mass is 10.3. The standard InChI is InChI=1S/C9H7BrClN3O2/c1-13-7-5(6(10)4(11)3-12-7)8(15)14(2)9(13)16/h3H,1-2H3. The van der Waals surface area contributed by atoms with Crippen LogP contribution >= 0.6 is 27.5 Å². The van der Waals surface area contributed by atoms with Gasteiger partial charge in [-0.15, -0.1) is 0 Å². The molecule has 0 unspecified atom stereocenters. The molecule has 84 valence electrons. The maximum Gasteiger partial charge on any atom is 0.332 e. The molecule has 5 nitrogen and oxygen atoms in total. The van der Waals surface area contributed by atoms with E-state index >= 15 is 0 Å². The average molecular weight is 305 g/mol. The SMILES string of the molecule is Cn1c(=O)c2c(Br)c(Cl)cnc2n(C)c1=O. The van der Waals surface area contributed by atoms with Crippen molar-refractivity contribution in [1.82, 2.24) is 14.1 Å². The van der Waals surface area contributed by atoms with Crippen LogP contribution in [0, 0.1) is 0 Å². The van der Waals surface area contributed by atoms with Gasteiger partial charge in [-0.1, -0.05) is 11.6 Å². The Hall–Kier alpha value is -1.14. The van der Waals surface area contributed by atoms with E-state index < -0.39 is 11.2 Å². The summed E-state index contributed by atoms with van der Waals surface area (Å²) in [6.07, 6.45) is 1.40. The fourth-order valence-electron chi connectivity index (χ4n) is 1.47. The first kappa shape index (κ1) is 11.3. The van der Waals surface area contributed by atoms with Gasteiger partial charge in [-0.2, -0.15) is 0 Å². The van der Waals surface area contributed by atoms with E-state index in [1.807, 2.05) is 0 Å². The largest absolute Gasteiger partial charge is 0.332 e. The van der Waals surface area contributed by atoms with Crippen LogP contribution < -0.4 is 11.2 Å². The molecule has 0 amide bonds. The molecule has 2 aromatic rings. The van der Waals surface area contributed by atoms with Crippen LogP contribution in [-0.2, 0) is 14.1 Å². The topological polar surface area (TPSA) is 56.9 Å². The van der Waals surface area contributed by atoms with Crippen LogP contribution in [0.15, 0.2) is 20.3 Å². The molecule has 0 spiro atoms. The lowest BCUT2D eigenvalue weighted by Crippen LogP contribution is -2.37. The third kappa shape index (κ3) is 1.41. The van der Waals surface area contributed by atoms with Gasteiger partial charge in [0.2, 0.25) is 0 Å². The number of pyridine rings is 1. The third-order valence-corrected chi connectivity index (χ3v) is 3.70. The van der Waals surface area contributed by atoms with Gasteiger partial charge in [0.25, 0.3) is 5.56 Å². The molecule has 0 aliphatic heterocycles. The molecule has 0 saturated heterocycles. The maximum atomic E-state index is 11.9. The fourth-order valence-corrected chi connectivity index (χ4v) is 2.06. The molecule has 0 atom stereocenters. The summed E-state index contributed by atoms with van der Waals surface area (Å²) in [5, 5.41) is 0.639. The molecular weight excluding hydrogens is 297 g/mol. The van der Waals surface area contributed by atoms with Crippen LogP contribution in [-0.4, -0.2) is 14.1 Å². The van der Waals surface area contributed by atoms with Crippen LogP contribution in [0.4, 0.5) is 0 Å². The van der Waals surface area contributed by atoms with Gasteiger partial charge in [0.05, 0.1) is 14.9 Å². The van der Waals surface area contributed by atoms with Crippen LogP contribution in [0.5, 0.6) is 0 Å². The van der Waals surface area contributed by atoms with Crippen molar-refractivity contribution in [2.75, 3.05) is 0 Å². The average Bonchev–Trinajstić information content (AvgIpc) is 2.27. The monoisotopic (exact) mass is 303 g/mol. The van der Waals surface area contributed by atoms with Gasteiger partial charge in [0, 0.05) is 20.3 Å². The quantitative estimate of drug-likeness (QED) is 0.731. The predicted octanol–water partition coefficient (Wildman–Crippen LogP) is 1.05. The second-order valence-electron chi connectivity index (χ2n) is 3.32. The summed E-state index contributed by atoms with van der Waals surface area (Å²) in [5.74, 6) is 0. The minimum absolute atomic E-state index is 0.303. The first-order chi connectivity index (χ1) is 7.45. The molecule has 0 aliphatic rings. The summed E-state index contributed by atoms with van der Waals surface area (Å²) < 4.78 is 2.78. The molecule has 2 rings (SSSR count). The van der Waals surface area contributed by atoms with Crippen molar-refractivity contribution < 1.29 is 0 Å². The fraction of sp³-hybridized carbons (Fsp3) is 0.222. The Morgan fingerprint density at radius 2 is 1.94 bits per heavy atom. The Bertz CT molecular complexity index is 704. The Balaban J connectivity index is 3.22. The summed E-state index contributed by atoms with van der Waals surface area (Å²) in [4.78, 5) is 27.5. The molecule has 0 saturated carbocycles. The molecule has 0 aliphatic carbocycles. The Morgan fingerprint density at radius 3 is 2.56 bits per heavy atom. The highest BCUT2D eigenvalue weighted by atomic mass is 79.9. The molecule has 0 N–H and O–H groups in total. The highest BCUT2D eigenvalue weighted by Crippen LogP contribution is 2.26. The van der Waals surface area contributed by atoms with Gasteiger partial charge in [-0.05, 0) is 15.9 Å². The summed E-state index contributed by atoms with van der Waals surface area (Å²) in [7, 11) is 2.97. The molecule has 2 aromatic heterocycles. The molecular formula is C9H7BrClN3O2. The lowest BCUT2D eigenvalue weighted by molar-refractivity contribution is 0.707. The molecule has 0 fully saturated rings. The van der Waals surface area contributed by atoms with Crippen LogP contribution in [0.3, 0.4) is 0 Å². The van der Waals surface area contributed by atoms with E-state index in [0.29, 0.717) is 20.5 Å². The van der Waals surface area contributed by atoms with Gasteiger partial charge >= 0.3 is 5.69 Å². The predicted molar refractivity (Wildman–Crippen MR) is 64.9 cm³/mol. The number of aryl methyl sites for hydroxylation is 1. The van der Waals surface area contributed by atoms with E-state index in [-0.39, 0.29) is 0 Å². The van der Waals surface area contributed by atoms with E-state index in [1.165, 1.54) is 17.8 Å². The number of nitrogens with zero attached hydrogens (tertiary/aromatic N) is 3. The second-order valence-corrected chi connectivity index (χ2v) is 4.52. The van der Waals surface area contributed by atoms with E-state index in [4.69, 9.17) is 11.6 Å². The van der Waals surface area contributed by atoms with E-state index in [0.717, 1.165) is 4.57 Å². The van der Waals surface area contributed by atoms with Crippen molar-refractivity contribution in [3.05, 3.63) is 36.5 Å². The first-order valence-corrected chi connectivity index (χ1v) is 5.52. The highest BCUT2D eigenvalue weighted by molar-refractivity contribution is 9.10. The van der Waals surface area contributed by atoms with Crippen molar-refractivity contribution >= 4 is 38.6 Å². The summed E-state index contributed by atoms with van der Waals surface area (Å²) in [6.45, 7) is 0.